The quantitative estimate of drug-likeness (QED) is 0.573. The van der Waals surface area contributed by atoms with E-state index in [0.29, 0.717) is 5.69 Å². The molecule has 0 radical (unpaired) electrons. The standard InChI is InChI=1S/C14H10Cl3NO2S/c1-21-8-4-2-3-7(5-8)18-14(20)11-12(17)9(15)6-10(16)13(11)19/h2-6,19H,1H3,(H,18,20). The van der Waals surface area contributed by atoms with Crippen LogP contribution in [0.15, 0.2) is 35.2 Å². The summed E-state index contributed by atoms with van der Waals surface area (Å²) in [7, 11) is 0. The zero-order valence-electron chi connectivity index (χ0n) is 10.8. The molecule has 1 amide bonds. The molecule has 110 valence electrons. The number of halogens is 3. The maximum Gasteiger partial charge on any atom is 0.261 e. The van der Waals surface area contributed by atoms with E-state index in [0.717, 1.165) is 4.90 Å². The Labute approximate surface area is 141 Å². The summed E-state index contributed by atoms with van der Waals surface area (Å²) in [5, 5.41) is 12.6. The number of hydrogen-bond donors (Lipinski definition) is 2. The fraction of sp³-hybridized carbons (Fsp3) is 0.0714. The number of phenolic OH excluding ortho intramolecular Hbond substituents is 1. The number of benzene rings is 2. The van der Waals surface area contributed by atoms with Crippen molar-refractivity contribution in [3.8, 4) is 5.75 Å². The smallest absolute Gasteiger partial charge is 0.261 e. The number of carbonyl (C=O) groups excluding carboxylic acids is 1. The van der Waals surface area contributed by atoms with Gasteiger partial charge in [0, 0.05) is 10.6 Å². The molecule has 0 aliphatic heterocycles. The van der Waals surface area contributed by atoms with Crippen LogP contribution in [-0.2, 0) is 0 Å². The zero-order chi connectivity index (χ0) is 15.6. The molecule has 0 aliphatic rings. The highest BCUT2D eigenvalue weighted by molar-refractivity contribution is 7.98. The van der Waals surface area contributed by atoms with Gasteiger partial charge in [-0.1, -0.05) is 40.9 Å². The molecule has 0 aromatic heterocycles. The summed E-state index contributed by atoms with van der Waals surface area (Å²) in [5.41, 5.74) is 0.433. The van der Waals surface area contributed by atoms with Crippen molar-refractivity contribution >= 4 is 58.2 Å². The zero-order valence-corrected chi connectivity index (χ0v) is 13.9. The molecule has 0 atom stereocenters. The Morgan fingerprint density at radius 1 is 1.19 bits per heavy atom. The molecule has 0 aliphatic carbocycles. The van der Waals surface area contributed by atoms with Gasteiger partial charge < -0.3 is 10.4 Å². The predicted octanol–water partition coefficient (Wildman–Crippen LogP) is 5.33. The van der Waals surface area contributed by atoms with Gasteiger partial charge in [-0.3, -0.25) is 4.79 Å². The van der Waals surface area contributed by atoms with Gasteiger partial charge in [-0.25, -0.2) is 0 Å². The van der Waals surface area contributed by atoms with E-state index in [9.17, 15) is 9.90 Å². The minimum Gasteiger partial charge on any atom is -0.505 e. The first-order chi connectivity index (χ1) is 9.93. The van der Waals surface area contributed by atoms with E-state index in [1.807, 2.05) is 18.4 Å². The number of aromatic hydroxyl groups is 1. The van der Waals surface area contributed by atoms with Crippen LogP contribution in [0.3, 0.4) is 0 Å². The Hall–Kier alpha value is -1.07. The van der Waals surface area contributed by atoms with Crippen molar-refractivity contribution in [3.05, 3.63) is 51.0 Å². The van der Waals surface area contributed by atoms with Crippen molar-refractivity contribution in [2.45, 2.75) is 4.90 Å². The Kier molecular flexibility index (Phi) is 5.27. The number of nitrogens with one attached hydrogen (secondary N) is 1. The van der Waals surface area contributed by atoms with Crippen LogP contribution in [0.1, 0.15) is 10.4 Å². The maximum absolute atomic E-state index is 12.3. The van der Waals surface area contributed by atoms with Gasteiger partial charge in [0.05, 0.1) is 15.1 Å². The van der Waals surface area contributed by atoms with Gasteiger partial charge in [-0.05, 0) is 30.5 Å². The molecule has 7 heteroatoms. The van der Waals surface area contributed by atoms with Crippen LogP contribution in [-0.4, -0.2) is 17.3 Å². The predicted molar refractivity (Wildman–Crippen MR) is 89.3 cm³/mol. The molecule has 2 rings (SSSR count). The summed E-state index contributed by atoms with van der Waals surface area (Å²) in [5.74, 6) is -0.982. The first-order valence-corrected chi connectivity index (χ1v) is 8.11. The minimum absolute atomic E-state index is 0.0348. The lowest BCUT2D eigenvalue weighted by Crippen LogP contribution is -2.13. The third-order valence-corrected chi connectivity index (χ3v) is 4.50. The highest BCUT2D eigenvalue weighted by atomic mass is 35.5. The summed E-state index contributed by atoms with van der Waals surface area (Å²) in [6.45, 7) is 0. The molecule has 2 aromatic rings. The molecule has 21 heavy (non-hydrogen) atoms. The third-order valence-electron chi connectivity index (χ3n) is 2.70. The van der Waals surface area contributed by atoms with Crippen LogP contribution in [0, 0.1) is 0 Å². The molecule has 0 heterocycles. The van der Waals surface area contributed by atoms with E-state index in [1.54, 1.807) is 23.9 Å². The molecule has 0 fully saturated rings. The van der Waals surface area contributed by atoms with Gasteiger partial charge >= 0.3 is 0 Å². The van der Waals surface area contributed by atoms with Crippen LogP contribution in [0.5, 0.6) is 5.75 Å². The van der Waals surface area contributed by atoms with Gasteiger partial charge in [-0.2, -0.15) is 0 Å². The number of amides is 1. The van der Waals surface area contributed by atoms with Crippen molar-refractivity contribution in [3.63, 3.8) is 0 Å². The van der Waals surface area contributed by atoms with Crippen LogP contribution in [0.25, 0.3) is 0 Å². The van der Waals surface area contributed by atoms with Crippen molar-refractivity contribution in [1.82, 2.24) is 0 Å². The van der Waals surface area contributed by atoms with E-state index in [1.165, 1.54) is 6.07 Å². The highest BCUT2D eigenvalue weighted by Crippen LogP contribution is 2.38. The van der Waals surface area contributed by atoms with Crippen LogP contribution in [0.4, 0.5) is 5.69 Å². The normalized spacial score (nSPS) is 10.5. The largest absolute Gasteiger partial charge is 0.505 e. The lowest BCUT2D eigenvalue weighted by Gasteiger charge is -2.11. The van der Waals surface area contributed by atoms with Crippen LogP contribution < -0.4 is 5.32 Å². The second kappa shape index (κ2) is 6.79. The fourth-order valence-corrected chi connectivity index (χ4v) is 2.84. The Bertz CT molecular complexity index is 681. The number of hydrogen-bond acceptors (Lipinski definition) is 3. The number of rotatable bonds is 3. The fourth-order valence-electron chi connectivity index (χ4n) is 1.69. The highest BCUT2D eigenvalue weighted by Gasteiger charge is 2.21. The van der Waals surface area contributed by atoms with Crippen molar-refractivity contribution in [1.29, 1.82) is 0 Å². The molecule has 0 unspecified atom stereocenters. The number of anilines is 1. The third kappa shape index (κ3) is 3.58. The van der Waals surface area contributed by atoms with Crippen LogP contribution >= 0.6 is 46.6 Å². The molecule has 0 saturated heterocycles. The topological polar surface area (TPSA) is 49.3 Å². The molecule has 0 saturated carbocycles. The SMILES string of the molecule is CSc1cccc(NC(=O)c2c(O)c(Cl)cc(Cl)c2Cl)c1. The summed E-state index contributed by atoms with van der Waals surface area (Å²) in [6, 6.07) is 8.55. The molecular formula is C14H10Cl3NO2S. The Balaban J connectivity index is 2.37. The Morgan fingerprint density at radius 2 is 1.90 bits per heavy atom. The minimum atomic E-state index is -0.583. The molecule has 3 nitrogen and oxygen atoms in total. The summed E-state index contributed by atoms with van der Waals surface area (Å²) in [4.78, 5) is 13.3. The second-order valence-electron chi connectivity index (χ2n) is 4.06. The van der Waals surface area contributed by atoms with E-state index in [4.69, 9.17) is 34.8 Å². The lowest BCUT2D eigenvalue weighted by atomic mass is 10.1. The second-order valence-corrected chi connectivity index (χ2v) is 6.14. The summed E-state index contributed by atoms with van der Waals surface area (Å²) >= 11 is 19.2. The van der Waals surface area contributed by atoms with Crippen LogP contribution in [0.2, 0.25) is 15.1 Å². The van der Waals surface area contributed by atoms with Gasteiger partial charge in [0.25, 0.3) is 5.91 Å². The van der Waals surface area contributed by atoms with Crippen molar-refractivity contribution in [2.24, 2.45) is 0 Å². The number of phenols is 1. The first kappa shape index (κ1) is 16.3. The monoisotopic (exact) mass is 361 g/mol. The van der Waals surface area contributed by atoms with E-state index >= 15 is 0 Å². The van der Waals surface area contributed by atoms with Gasteiger partial charge in [0.2, 0.25) is 0 Å². The summed E-state index contributed by atoms with van der Waals surface area (Å²) in [6.07, 6.45) is 1.93. The van der Waals surface area contributed by atoms with Gasteiger partial charge in [-0.15, -0.1) is 11.8 Å². The molecular weight excluding hydrogens is 353 g/mol. The van der Waals surface area contributed by atoms with Gasteiger partial charge in [0.1, 0.15) is 11.3 Å². The molecule has 0 spiro atoms. The number of thioether (sulfide) groups is 1. The molecule has 2 aromatic carbocycles. The maximum atomic E-state index is 12.3. The average Bonchev–Trinajstić information content (AvgIpc) is 2.45. The molecule has 2 N–H and O–H groups in total. The molecule has 0 bridgehead atoms. The van der Waals surface area contributed by atoms with Crippen molar-refractivity contribution in [2.75, 3.05) is 11.6 Å². The number of carbonyl (C=O) groups is 1. The van der Waals surface area contributed by atoms with E-state index in [-0.39, 0.29) is 20.6 Å². The lowest BCUT2D eigenvalue weighted by molar-refractivity contribution is 0.102. The first-order valence-electron chi connectivity index (χ1n) is 5.76. The summed E-state index contributed by atoms with van der Waals surface area (Å²) < 4.78 is 0. The average molecular weight is 363 g/mol. The Morgan fingerprint density at radius 3 is 2.57 bits per heavy atom. The van der Waals surface area contributed by atoms with E-state index in [2.05, 4.69) is 5.32 Å². The van der Waals surface area contributed by atoms with E-state index < -0.39 is 11.7 Å². The van der Waals surface area contributed by atoms with Gasteiger partial charge in [0.15, 0.2) is 0 Å². The van der Waals surface area contributed by atoms with Crippen molar-refractivity contribution < 1.29 is 9.90 Å².